The lowest BCUT2D eigenvalue weighted by atomic mass is 10.0. The Hall–Kier alpha value is -2.13. The van der Waals surface area contributed by atoms with Crippen molar-refractivity contribution in [1.82, 2.24) is 4.98 Å². The summed E-state index contributed by atoms with van der Waals surface area (Å²) in [7, 11) is 0. The van der Waals surface area contributed by atoms with Crippen molar-refractivity contribution in [2.75, 3.05) is 13.1 Å². The second kappa shape index (κ2) is 6.75. The van der Waals surface area contributed by atoms with Crippen LogP contribution in [0.25, 0.3) is 10.9 Å². The van der Waals surface area contributed by atoms with Crippen LogP contribution in [0.5, 0.6) is 0 Å². The SMILES string of the molecule is C=CC[NH+](CC=C)Cc1c(C)[nH]c2cc(C)cc(C)c2c1=O. The zero-order valence-corrected chi connectivity index (χ0v) is 13.8. The zero-order chi connectivity index (χ0) is 16.3. The van der Waals surface area contributed by atoms with E-state index in [1.54, 1.807) is 0 Å². The van der Waals surface area contributed by atoms with E-state index in [1.807, 2.05) is 39.0 Å². The smallest absolute Gasteiger partial charge is 0.198 e. The molecule has 0 radical (unpaired) electrons. The summed E-state index contributed by atoms with van der Waals surface area (Å²) < 4.78 is 0. The summed E-state index contributed by atoms with van der Waals surface area (Å²) in [6.45, 7) is 15.9. The summed E-state index contributed by atoms with van der Waals surface area (Å²) in [5, 5.41) is 0.808. The van der Waals surface area contributed by atoms with Crippen molar-refractivity contribution in [1.29, 1.82) is 0 Å². The van der Waals surface area contributed by atoms with Crippen molar-refractivity contribution in [3.8, 4) is 0 Å². The number of aryl methyl sites for hydroxylation is 3. The van der Waals surface area contributed by atoms with E-state index in [2.05, 4.69) is 24.2 Å². The maximum atomic E-state index is 12.9. The number of fused-ring (bicyclic) bond motifs is 1. The van der Waals surface area contributed by atoms with E-state index in [4.69, 9.17) is 0 Å². The molecule has 0 amide bonds. The molecular formula is C19H25N2O+. The van der Waals surface area contributed by atoms with E-state index in [0.29, 0.717) is 6.54 Å². The van der Waals surface area contributed by atoms with Gasteiger partial charge >= 0.3 is 0 Å². The lowest BCUT2D eigenvalue weighted by molar-refractivity contribution is -0.902. The number of nitrogens with one attached hydrogen (secondary N) is 2. The molecule has 0 aliphatic rings. The number of hydrogen-bond donors (Lipinski definition) is 2. The molecule has 3 nitrogen and oxygen atoms in total. The minimum Gasteiger partial charge on any atom is -0.358 e. The summed E-state index contributed by atoms with van der Waals surface area (Å²) >= 11 is 0. The molecule has 2 N–H and O–H groups in total. The summed E-state index contributed by atoms with van der Waals surface area (Å²) in [4.78, 5) is 17.6. The molecular weight excluding hydrogens is 272 g/mol. The number of benzene rings is 1. The monoisotopic (exact) mass is 297 g/mol. The Labute approximate surface area is 132 Å². The highest BCUT2D eigenvalue weighted by atomic mass is 16.1. The first-order chi connectivity index (χ1) is 10.5. The first-order valence-electron chi connectivity index (χ1n) is 7.66. The van der Waals surface area contributed by atoms with Crippen molar-refractivity contribution in [3.05, 3.63) is 70.1 Å². The van der Waals surface area contributed by atoms with Crippen LogP contribution in [-0.4, -0.2) is 18.1 Å². The van der Waals surface area contributed by atoms with Gasteiger partial charge in [0, 0.05) is 11.1 Å². The Morgan fingerprint density at radius 1 is 1.14 bits per heavy atom. The Bertz CT molecular complexity index is 761. The van der Waals surface area contributed by atoms with E-state index in [1.165, 1.54) is 10.5 Å². The lowest BCUT2D eigenvalue weighted by Gasteiger charge is -2.17. The number of aromatic nitrogens is 1. The van der Waals surface area contributed by atoms with Gasteiger partial charge in [-0.3, -0.25) is 4.79 Å². The van der Waals surface area contributed by atoms with Gasteiger partial charge in [0.1, 0.15) is 6.54 Å². The number of rotatable bonds is 6. The molecule has 0 saturated heterocycles. The van der Waals surface area contributed by atoms with Gasteiger partial charge in [-0.05, 0) is 50.1 Å². The fraction of sp³-hybridized carbons (Fsp3) is 0.316. The Morgan fingerprint density at radius 3 is 2.36 bits per heavy atom. The van der Waals surface area contributed by atoms with Crippen LogP contribution >= 0.6 is 0 Å². The highest BCUT2D eigenvalue weighted by molar-refractivity contribution is 5.83. The topological polar surface area (TPSA) is 37.3 Å². The van der Waals surface area contributed by atoms with E-state index < -0.39 is 0 Å². The highest BCUT2D eigenvalue weighted by Gasteiger charge is 2.16. The molecule has 0 unspecified atom stereocenters. The molecule has 1 aromatic heterocycles. The van der Waals surface area contributed by atoms with Gasteiger partial charge in [-0.15, -0.1) is 0 Å². The molecule has 0 aliphatic carbocycles. The Morgan fingerprint density at radius 2 is 1.77 bits per heavy atom. The van der Waals surface area contributed by atoms with Crippen molar-refractivity contribution < 1.29 is 4.90 Å². The predicted molar refractivity (Wildman–Crippen MR) is 93.6 cm³/mol. The van der Waals surface area contributed by atoms with Crippen molar-refractivity contribution in [3.63, 3.8) is 0 Å². The van der Waals surface area contributed by atoms with Gasteiger partial charge < -0.3 is 9.88 Å². The number of quaternary nitrogens is 1. The molecule has 0 bridgehead atoms. The molecule has 0 spiro atoms. The number of pyridine rings is 1. The van der Waals surface area contributed by atoms with Crippen LogP contribution in [0.2, 0.25) is 0 Å². The summed E-state index contributed by atoms with van der Waals surface area (Å²) in [6, 6.07) is 4.10. The number of aromatic amines is 1. The predicted octanol–water partition coefficient (Wildman–Crippen LogP) is 2.21. The molecule has 0 aliphatic heterocycles. The van der Waals surface area contributed by atoms with Crippen LogP contribution in [-0.2, 0) is 6.54 Å². The van der Waals surface area contributed by atoms with E-state index >= 15 is 0 Å². The normalized spacial score (nSPS) is 11.1. The fourth-order valence-electron chi connectivity index (χ4n) is 3.06. The van der Waals surface area contributed by atoms with Gasteiger partial charge in [-0.25, -0.2) is 0 Å². The van der Waals surface area contributed by atoms with E-state index in [0.717, 1.165) is 40.8 Å². The standard InChI is InChI=1S/C19H24N2O/c1-6-8-21(9-7-2)12-16-15(5)20-17-11-13(3)10-14(4)18(17)19(16)22/h6-7,10-11H,1-2,8-9,12H2,3-5H3,(H,20,22)/p+1. The molecule has 2 rings (SSSR count). The summed E-state index contributed by atoms with van der Waals surface area (Å²) in [6.07, 6.45) is 3.77. The third-order valence-electron chi connectivity index (χ3n) is 4.05. The van der Waals surface area contributed by atoms with Gasteiger partial charge in [0.2, 0.25) is 0 Å². The summed E-state index contributed by atoms with van der Waals surface area (Å²) in [5.41, 5.74) is 5.09. The molecule has 3 heteroatoms. The maximum Gasteiger partial charge on any atom is 0.198 e. The lowest BCUT2D eigenvalue weighted by Crippen LogP contribution is -3.10. The fourth-order valence-corrected chi connectivity index (χ4v) is 3.06. The number of H-pyrrole nitrogens is 1. The van der Waals surface area contributed by atoms with Gasteiger partial charge in [-0.2, -0.15) is 0 Å². The molecule has 1 heterocycles. The Kier molecular flexibility index (Phi) is 4.99. The third-order valence-corrected chi connectivity index (χ3v) is 4.05. The zero-order valence-electron chi connectivity index (χ0n) is 13.8. The minimum absolute atomic E-state index is 0.148. The van der Waals surface area contributed by atoms with E-state index in [-0.39, 0.29) is 5.43 Å². The first kappa shape index (κ1) is 16.2. The number of hydrogen-bond acceptors (Lipinski definition) is 1. The highest BCUT2D eigenvalue weighted by Crippen LogP contribution is 2.17. The molecule has 116 valence electrons. The average molecular weight is 297 g/mol. The van der Waals surface area contributed by atoms with Gasteiger partial charge in [0.05, 0.1) is 24.2 Å². The van der Waals surface area contributed by atoms with Crippen LogP contribution < -0.4 is 10.3 Å². The van der Waals surface area contributed by atoms with Gasteiger partial charge in [-0.1, -0.05) is 19.2 Å². The minimum atomic E-state index is 0.148. The van der Waals surface area contributed by atoms with Crippen LogP contribution in [0, 0.1) is 20.8 Å². The first-order valence-corrected chi connectivity index (χ1v) is 7.66. The van der Waals surface area contributed by atoms with Crippen LogP contribution in [0.4, 0.5) is 0 Å². The van der Waals surface area contributed by atoms with E-state index in [9.17, 15) is 4.79 Å². The molecule has 0 saturated carbocycles. The van der Waals surface area contributed by atoms with Crippen molar-refractivity contribution in [2.24, 2.45) is 0 Å². The quantitative estimate of drug-likeness (QED) is 0.788. The second-order valence-corrected chi connectivity index (χ2v) is 5.97. The Balaban J connectivity index is 2.57. The summed E-state index contributed by atoms with van der Waals surface area (Å²) in [5.74, 6) is 0. The van der Waals surface area contributed by atoms with Crippen LogP contribution in [0.1, 0.15) is 22.4 Å². The van der Waals surface area contributed by atoms with Crippen LogP contribution in [0.15, 0.2) is 42.2 Å². The van der Waals surface area contributed by atoms with Crippen molar-refractivity contribution in [2.45, 2.75) is 27.3 Å². The third kappa shape index (κ3) is 3.20. The largest absolute Gasteiger partial charge is 0.358 e. The average Bonchev–Trinajstić information content (AvgIpc) is 2.42. The second-order valence-electron chi connectivity index (χ2n) is 5.97. The van der Waals surface area contributed by atoms with Crippen molar-refractivity contribution >= 4 is 10.9 Å². The molecule has 2 aromatic rings. The van der Waals surface area contributed by atoms with Gasteiger partial charge in [0.25, 0.3) is 0 Å². The van der Waals surface area contributed by atoms with Gasteiger partial charge in [0.15, 0.2) is 5.43 Å². The molecule has 0 atom stereocenters. The van der Waals surface area contributed by atoms with Crippen LogP contribution in [0.3, 0.4) is 0 Å². The molecule has 22 heavy (non-hydrogen) atoms. The molecule has 1 aromatic carbocycles. The molecule has 0 fully saturated rings. The maximum absolute atomic E-state index is 12.9.